The standard InChI is InChI=1S/C19H22N2O3S2/c1-26(23,24)21-14-12-20(13-15-21)19(22)18(16-8-4-2-5-9-16)25-17-10-6-3-7-11-17/h2-11,18H,12-15H2,1H3/t18-/m0/s1. The lowest BCUT2D eigenvalue weighted by molar-refractivity contribution is -0.131. The minimum absolute atomic E-state index is 0.0261. The van der Waals surface area contributed by atoms with Crippen molar-refractivity contribution in [3.05, 3.63) is 66.2 Å². The molecule has 7 heteroatoms. The van der Waals surface area contributed by atoms with Crippen LogP contribution in [0.3, 0.4) is 0 Å². The summed E-state index contributed by atoms with van der Waals surface area (Å²) in [7, 11) is -3.21. The Balaban J connectivity index is 1.78. The van der Waals surface area contributed by atoms with E-state index in [9.17, 15) is 13.2 Å². The van der Waals surface area contributed by atoms with Crippen molar-refractivity contribution in [3.8, 4) is 0 Å². The van der Waals surface area contributed by atoms with Crippen LogP contribution in [0.25, 0.3) is 0 Å². The molecule has 0 N–H and O–H groups in total. The zero-order valence-corrected chi connectivity index (χ0v) is 16.2. The van der Waals surface area contributed by atoms with Gasteiger partial charge in [0, 0.05) is 31.1 Å². The summed E-state index contributed by atoms with van der Waals surface area (Å²) in [6.45, 7) is 1.54. The topological polar surface area (TPSA) is 57.7 Å². The minimum atomic E-state index is -3.21. The molecule has 0 saturated carbocycles. The molecular weight excluding hydrogens is 368 g/mol. The molecule has 1 aliphatic heterocycles. The fraction of sp³-hybridized carbons (Fsp3) is 0.316. The number of thioether (sulfide) groups is 1. The van der Waals surface area contributed by atoms with Gasteiger partial charge in [-0.2, -0.15) is 4.31 Å². The van der Waals surface area contributed by atoms with Gasteiger partial charge in [0.05, 0.1) is 6.26 Å². The van der Waals surface area contributed by atoms with E-state index in [1.807, 2.05) is 60.7 Å². The summed E-state index contributed by atoms with van der Waals surface area (Å²) in [6.07, 6.45) is 1.21. The summed E-state index contributed by atoms with van der Waals surface area (Å²) >= 11 is 1.53. The van der Waals surface area contributed by atoms with Crippen molar-refractivity contribution in [2.45, 2.75) is 10.1 Å². The van der Waals surface area contributed by atoms with Crippen molar-refractivity contribution < 1.29 is 13.2 Å². The average molecular weight is 391 g/mol. The van der Waals surface area contributed by atoms with Crippen molar-refractivity contribution in [1.29, 1.82) is 0 Å². The van der Waals surface area contributed by atoms with Crippen LogP contribution in [0.2, 0.25) is 0 Å². The van der Waals surface area contributed by atoms with Crippen molar-refractivity contribution in [2.75, 3.05) is 32.4 Å². The fourth-order valence-corrected chi connectivity index (χ4v) is 4.89. The molecule has 3 rings (SSSR count). The largest absolute Gasteiger partial charge is 0.339 e. The second kappa shape index (κ2) is 8.24. The van der Waals surface area contributed by atoms with Crippen LogP contribution in [0.4, 0.5) is 0 Å². The van der Waals surface area contributed by atoms with Gasteiger partial charge >= 0.3 is 0 Å². The molecule has 1 heterocycles. The molecule has 2 aromatic carbocycles. The number of amides is 1. The number of sulfonamides is 1. The molecule has 0 spiro atoms. The Kier molecular flexibility index (Phi) is 6.01. The SMILES string of the molecule is CS(=O)(=O)N1CCN(C(=O)[C@@H](Sc2ccccc2)c2ccccc2)CC1. The van der Waals surface area contributed by atoms with Crippen LogP contribution in [0.15, 0.2) is 65.6 Å². The molecule has 1 saturated heterocycles. The van der Waals surface area contributed by atoms with E-state index < -0.39 is 10.0 Å². The molecule has 0 bridgehead atoms. The number of carbonyl (C=O) groups is 1. The number of carbonyl (C=O) groups excluding carboxylic acids is 1. The van der Waals surface area contributed by atoms with Gasteiger partial charge in [0.2, 0.25) is 15.9 Å². The van der Waals surface area contributed by atoms with Crippen molar-refractivity contribution >= 4 is 27.7 Å². The first-order chi connectivity index (χ1) is 12.4. The molecular formula is C19H22N2O3S2. The Labute approximate surface area is 159 Å². The van der Waals surface area contributed by atoms with Crippen LogP contribution >= 0.6 is 11.8 Å². The normalized spacial score (nSPS) is 17.0. The van der Waals surface area contributed by atoms with Gasteiger partial charge in [0.15, 0.2) is 0 Å². The van der Waals surface area contributed by atoms with E-state index in [4.69, 9.17) is 0 Å². The lowest BCUT2D eigenvalue weighted by Gasteiger charge is -2.35. The summed E-state index contributed by atoms with van der Waals surface area (Å²) < 4.78 is 24.8. The molecule has 1 amide bonds. The van der Waals surface area contributed by atoms with E-state index in [2.05, 4.69) is 0 Å². The van der Waals surface area contributed by atoms with E-state index in [1.165, 1.54) is 22.3 Å². The van der Waals surface area contributed by atoms with E-state index >= 15 is 0 Å². The average Bonchev–Trinajstić information content (AvgIpc) is 2.66. The number of rotatable bonds is 5. The van der Waals surface area contributed by atoms with Gasteiger partial charge in [-0.25, -0.2) is 8.42 Å². The summed E-state index contributed by atoms with van der Waals surface area (Å²) in [5.41, 5.74) is 0.955. The van der Waals surface area contributed by atoms with Crippen molar-refractivity contribution in [1.82, 2.24) is 9.21 Å². The maximum absolute atomic E-state index is 13.2. The maximum Gasteiger partial charge on any atom is 0.240 e. The van der Waals surface area contributed by atoms with Crippen molar-refractivity contribution in [3.63, 3.8) is 0 Å². The predicted molar refractivity (Wildman–Crippen MR) is 104 cm³/mol. The van der Waals surface area contributed by atoms with Gasteiger partial charge in [-0.05, 0) is 17.7 Å². The molecule has 0 radical (unpaired) electrons. The van der Waals surface area contributed by atoms with Gasteiger partial charge in [-0.3, -0.25) is 4.79 Å². The Morgan fingerprint density at radius 2 is 1.46 bits per heavy atom. The Bertz CT molecular complexity index is 834. The molecule has 1 fully saturated rings. The molecule has 5 nitrogen and oxygen atoms in total. The van der Waals surface area contributed by atoms with Gasteiger partial charge in [-0.1, -0.05) is 48.5 Å². The highest BCUT2D eigenvalue weighted by atomic mass is 32.2. The van der Waals surface area contributed by atoms with Crippen LogP contribution in [0.1, 0.15) is 10.8 Å². The summed E-state index contributed by atoms with van der Waals surface area (Å²) in [6, 6.07) is 19.6. The second-order valence-electron chi connectivity index (χ2n) is 6.21. The molecule has 0 aromatic heterocycles. The van der Waals surface area contributed by atoms with Crippen LogP contribution in [0, 0.1) is 0 Å². The monoisotopic (exact) mass is 390 g/mol. The Morgan fingerprint density at radius 3 is 2.00 bits per heavy atom. The maximum atomic E-state index is 13.2. The van der Waals surface area contributed by atoms with Gasteiger partial charge in [0.1, 0.15) is 5.25 Å². The lowest BCUT2D eigenvalue weighted by Crippen LogP contribution is -2.51. The lowest BCUT2D eigenvalue weighted by atomic mass is 10.1. The number of nitrogens with zero attached hydrogens (tertiary/aromatic N) is 2. The van der Waals surface area contributed by atoms with Crippen LogP contribution in [-0.2, 0) is 14.8 Å². The smallest absolute Gasteiger partial charge is 0.240 e. The fourth-order valence-electron chi connectivity index (χ4n) is 2.93. The molecule has 26 heavy (non-hydrogen) atoms. The van der Waals surface area contributed by atoms with Gasteiger partial charge in [0.25, 0.3) is 0 Å². The predicted octanol–water partition coefficient (Wildman–Crippen LogP) is 2.62. The third-order valence-electron chi connectivity index (χ3n) is 4.34. The summed E-state index contributed by atoms with van der Waals surface area (Å²) in [5, 5.41) is -0.344. The summed E-state index contributed by atoms with van der Waals surface area (Å²) in [4.78, 5) is 16.0. The Hall–Kier alpha value is -1.83. The van der Waals surface area contributed by atoms with E-state index in [1.54, 1.807) is 4.90 Å². The zero-order valence-electron chi connectivity index (χ0n) is 14.6. The summed E-state index contributed by atoms with van der Waals surface area (Å²) in [5.74, 6) is 0.0261. The first kappa shape index (κ1) is 18.9. The quantitative estimate of drug-likeness (QED) is 0.737. The number of piperazine rings is 1. The van der Waals surface area contributed by atoms with Gasteiger partial charge < -0.3 is 4.90 Å². The second-order valence-corrected chi connectivity index (χ2v) is 9.37. The number of benzene rings is 2. The highest BCUT2D eigenvalue weighted by Crippen LogP contribution is 2.36. The first-order valence-corrected chi connectivity index (χ1v) is 11.2. The highest BCUT2D eigenvalue weighted by molar-refractivity contribution is 8.00. The molecule has 0 aliphatic carbocycles. The molecule has 2 aromatic rings. The van der Waals surface area contributed by atoms with Crippen LogP contribution in [0.5, 0.6) is 0 Å². The first-order valence-electron chi connectivity index (χ1n) is 8.46. The third-order valence-corrected chi connectivity index (χ3v) is 6.90. The minimum Gasteiger partial charge on any atom is -0.339 e. The van der Waals surface area contributed by atoms with E-state index in [0.29, 0.717) is 26.2 Å². The van der Waals surface area contributed by atoms with E-state index in [0.717, 1.165) is 10.5 Å². The number of hydrogen-bond donors (Lipinski definition) is 0. The molecule has 1 aliphatic rings. The zero-order chi connectivity index (χ0) is 18.6. The van der Waals surface area contributed by atoms with Crippen LogP contribution in [-0.4, -0.2) is 56.0 Å². The van der Waals surface area contributed by atoms with Crippen LogP contribution < -0.4 is 0 Å². The molecule has 0 unspecified atom stereocenters. The van der Waals surface area contributed by atoms with Gasteiger partial charge in [-0.15, -0.1) is 11.8 Å². The van der Waals surface area contributed by atoms with Crippen molar-refractivity contribution in [2.24, 2.45) is 0 Å². The number of hydrogen-bond acceptors (Lipinski definition) is 4. The Morgan fingerprint density at radius 1 is 0.923 bits per heavy atom. The third kappa shape index (κ3) is 4.66. The van der Waals surface area contributed by atoms with E-state index in [-0.39, 0.29) is 11.2 Å². The molecule has 1 atom stereocenters. The highest BCUT2D eigenvalue weighted by Gasteiger charge is 2.31. The molecule has 138 valence electrons.